The van der Waals surface area contributed by atoms with Gasteiger partial charge >= 0.3 is 51.4 Å². The summed E-state index contributed by atoms with van der Waals surface area (Å²) in [5.74, 6) is 0.349. The van der Waals surface area contributed by atoms with E-state index in [1.165, 1.54) is 24.4 Å². The van der Waals surface area contributed by atoms with Crippen LogP contribution in [-0.2, 0) is 4.79 Å². The Morgan fingerprint density at radius 3 is 2.53 bits per heavy atom. The number of hydrogen-bond donors (Lipinski definition) is 1. The molecule has 1 aliphatic rings. The average Bonchev–Trinajstić information content (AvgIpc) is 2.66. The molecule has 0 bridgehead atoms. The van der Waals surface area contributed by atoms with Crippen LogP contribution in [0.2, 0.25) is 15.1 Å². The van der Waals surface area contributed by atoms with Crippen LogP contribution in [0.1, 0.15) is 5.56 Å². The molecule has 1 aromatic carbocycles. The first kappa shape index (κ1) is 25.4. The molecule has 1 aromatic heterocycles. The van der Waals surface area contributed by atoms with Gasteiger partial charge < -0.3 is 20.7 Å². The van der Waals surface area contributed by atoms with Crippen LogP contribution in [0.3, 0.4) is 0 Å². The van der Waals surface area contributed by atoms with E-state index in [-0.39, 0.29) is 79.3 Å². The number of ether oxygens (including phenoxy) is 1. The third-order valence-electron chi connectivity index (χ3n) is 4.21. The van der Waals surface area contributed by atoms with Crippen molar-refractivity contribution in [3.05, 3.63) is 63.0 Å². The summed E-state index contributed by atoms with van der Waals surface area (Å²) in [5, 5.41) is 5.10. The number of hydrogen-bond acceptors (Lipinski definition) is 4. The van der Waals surface area contributed by atoms with E-state index >= 15 is 0 Å². The average molecular weight is 493 g/mol. The van der Waals surface area contributed by atoms with Crippen LogP contribution in [0.25, 0.3) is 5.32 Å². The summed E-state index contributed by atoms with van der Waals surface area (Å²) in [5.41, 5.74) is 7.53. The summed E-state index contributed by atoms with van der Waals surface area (Å²) in [6.07, 6.45) is 2.64. The van der Waals surface area contributed by atoms with Crippen molar-refractivity contribution in [1.29, 1.82) is 0 Å². The minimum atomic E-state index is -0.165. The quantitative estimate of drug-likeness (QED) is 0.286. The van der Waals surface area contributed by atoms with E-state index in [1.807, 2.05) is 0 Å². The van der Waals surface area contributed by atoms with Gasteiger partial charge in [-0.25, -0.2) is 9.98 Å². The number of aromatic nitrogens is 1. The van der Waals surface area contributed by atoms with Gasteiger partial charge in [-0.05, 0) is 18.2 Å². The number of halogens is 3. The SMILES string of the molecule is C=CC(=O)N1CC(Oc2cc(C(N)=Nc3c(Cl)cc(Cl)cc3Cl)c([N-]C)cn2)C1.[K+]. The maximum absolute atomic E-state index is 11.5. The van der Waals surface area contributed by atoms with Crippen LogP contribution in [-0.4, -0.2) is 47.9 Å². The van der Waals surface area contributed by atoms with Crippen LogP contribution in [0.4, 0.5) is 11.4 Å². The molecule has 2 aromatic rings. The first-order valence-electron chi connectivity index (χ1n) is 8.49. The molecule has 1 fully saturated rings. The smallest absolute Gasteiger partial charge is 0.685 e. The molecule has 0 atom stereocenters. The van der Waals surface area contributed by atoms with Crippen LogP contribution in [0.5, 0.6) is 5.88 Å². The summed E-state index contributed by atoms with van der Waals surface area (Å²) in [6, 6.07) is 4.69. The summed E-state index contributed by atoms with van der Waals surface area (Å²) in [6.45, 7) is 4.39. The van der Waals surface area contributed by atoms with Gasteiger partial charge in [0.05, 0.1) is 23.1 Å². The van der Waals surface area contributed by atoms with Gasteiger partial charge in [0.2, 0.25) is 11.8 Å². The van der Waals surface area contributed by atoms with Crippen molar-refractivity contribution in [2.45, 2.75) is 6.10 Å². The number of nitrogens with two attached hydrogens (primary N) is 1. The number of aliphatic imine (C=N–C) groups is 1. The van der Waals surface area contributed by atoms with E-state index in [0.717, 1.165) is 0 Å². The largest absolute Gasteiger partial charge is 1.00 e. The molecule has 1 aliphatic heterocycles. The minimum absolute atomic E-state index is 0. The van der Waals surface area contributed by atoms with Gasteiger partial charge in [0.25, 0.3) is 0 Å². The maximum atomic E-state index is 11.5. The zero-order valence-corrected chi connectivity index (χ0v) is 21.8. The number of pyridine rings is 1. The Morgan fingerprint density at radius 2 is 1.97 bits per heavy atom. The third kappa shape index (κ3) is 5.89. The number of carbonyl (C=O) groups is 1. The number of likely N-dealkylation sites (tertiary alicyclic amines) is 1. The van der Waals surface area contributed by atoms with Gasteiger partial charge in [0, 0.05) is 22.8 Å². The second-order valence-corrected chi connectivity index (χ2v) is 7.42. The topological polar surface area (TPSA) is 94.9 Å². The first-order valence-corrected chi connectivity index (χ1v) is 9.62. The van der Waals surface area contributed by atoms with Gasteiger partial charge in [-0.15, -0.1) is 12.7 Å². The molecule has 30 heavy (non-hydrogen) atoms. The van der Waals surface area contributed by atoms with Crippen molar-refractivity contribution in [3.63, 3.8) is 0 Å². The Morgan fingerprint density at radius 1 is 1.33 bits per heavy atom. The van der Waals surface area contributed by atoms with Crippen LogP contribution in [0, 0.1) is 0 Å². The molecule has 7 nitrogen and oxygen atoms in total. The Kier molecular flexibility index (Phi) is 9.45. The molecule has 0 unspecified atom stereocenters. The van der Waals surface area contributed by atoms with E-state index in [0.29, 0.717) is 40.9 Å². The van der Waals surface area contributed by atoms with E-state index in [9.17, 15) is 4.79 Å². The summed E-state index contributed by atoms with van der Waals surface area (Å²) >= 11 is 18.3. The number of rotatable bonds is 6. The van der Waals surface area contributed by atoms with Gasteiger partial charge in [-0.1, -0.05) is 41.4 Å². The Labute approximate surface area is 232 Å². The zero-order chi connectivity index (χ0) is 21.1. The second-order valence-electron chi connectivity index (χ2n) is 6.17. The van der Waals surface area contributed by atoms with Crippen molar-refractivity contribution >= 4 is 57.9 Å². The summed E-state index contributed by atoms with van der Waals surface area (Å²) in [7, 11) is 1.61. The number of amidine groups is 1. The predicted octanol–water partition coefficient (Wildman–Crippen LogP) is 1.49. The Hall–Kier alpha value is -0.844. The number of nitrogens with zero attached hydrogens (tertiary/aromatic N) is 4. The van der Waals surface area contributed by atoms with Crippen LogP contribution >= 0.6 is 34.8 Å². The zero-order valence-electron chi connectivity index (χ0n) is 16.4. The van der Waals surface area contributed by atoms with E-state index in [1.54, 1.807) is 18.0 Å². The molecule has 1 saturated heterocycles. The third-order valence-corrected chi connectivity index (χ3v) is 5.00. The predicted molar refractivity (Wildman–Crippen MR) is 116 cm³/mol. The minimum Gasteiger partial charge on any atom is -0.685 e. The fourth-order valence-corrected chi connectivity index (χ4v) is 3.59. The molecule has 2 heterocycles. The van der Waals surface area contributed by atoms with Gasteiger partial charge in [-0.3, -0.25) is 4.79 Å². The van der Waals surface area contributed by atoms with Gasteiger partial charge in [0.15, 0.2) is 0 Å². The van der Waals surface area contributed by atoms with Crippen molar-refractivity contribution in [2.75, 3.05) is 20.1 Å². The molecule has 0 radical (unpaired) electrons. The molecule has 0 aliphatic carbocycles. The molecule has 0 saturated carbocycles. The fraction of sp³-hybridized carbons (Fsp3) is 0.211. The Balaban J connectivity index is 0.00000320. The van der Waals surface area contributed by atoms with Crippen LogP contribution < -0.4 is 61.9 Å². The molecule has 3 rings (SSSR count). The number of carbonyl (C=O) groups excluding carboxylic acids is 1. The molecule has 1 amide bonds. The van der Waals surface area contributed by atoms with Crippen LogP contribution in [0.15, 0.2) is 42.0 Å². The molecule has 0 spiro atoms. The van der Waals surface area contributed by atoms with Crippen molar-refractivity contribution in [3.8, 4) is 5.88 Å². The van der Waals surface area contributed by atoms with Gasteiger partial charge in [0.1, 0.15) is 17.6 Å². The molecular weight excluding hydrogens is 476 g/mol. The van der Waals surface area contributed by atoms with Crippen molar-refractivity contribution in [1.82, 2.24) is 9.88 Å². The van der Waals surface area contributed by atoms with Crippen molar-refractivity contribution in [2.24, 2.45) is 10.7 Å². The monoisotopic (exact) mass is 491 g/mol. The molecule has 2 N–H and O–H groups in total. The van der Waals surface area contributed by atoms with Gasteiger partial charge in [-0.2, -0.15) is 0 Å². The van der Waals surface area contributed by atoms with E-state index in [2.05, 4.69) is 21.9 Å². The molecule has 152 valence electrons. The fourth-order valence-electron chi connectivity index (χ4n) is 2.69. The summed E-state index contributed by atoms with van der Waals surface area (Å²) in [4.78, 5) is 21.7. The normalized spacial score (nSPS) is 13.9. The number of benzene rings is 1. The first-order chi connectivity index (χ1) is 13.8. The van der Waals surface area contributed by atoms with Crippen molar-refractivity contribution < 1.29 is 60.9 Å². The Bertz CT molecular complexity index is 973. The number of amides is 1. The molecular formula is C19H17Cl3KN5O2. The summed E-state index contributed by atoms with van der Waals surface area (Å²) < 4.78 is 5.82. The van der Waals surface area contributed by atoms with E-state index in [4.69, 9.17) is 45.3 Å². The standard InChI is InChI=1S/C19H17Cl3N5O2.K/c1-3-17(28)27-8-11(9-27)29-16-6-12(15(24-2)7-25-16)19(23)26-18-13(21)4-10(20)5-14(18)22;/h3-7,11H,1,8-9H2,2H3,(H2-,23,24,26);/q-1;+1. The molecule has 11 heteroatoms. The maximum Gasteiger partial charge on any atom is 1.00 e. The van der Waals surface area contributed by atoms with E-state index < -0.39 is 0 Å². The second kappa shape index (κ2) is 11.1.